The fraction of sp³-hybridized carbons (Fsp3) is 0.0714. The third-order valence-corrected chi connectivity index (χ3v) is 3.68. The first-order valence-corrected chi connectivity index (χ1v) is 7.25. The van der Waals surface area contributed by atoms with E-state index < -0.39 is 5.97 Å². The summed E-state index contributed by atoms with van der Waals surface area (Å²) in [5.74, 6) is 0.0315. The molecule has 3 aromatic heterocycles. The van der Waals surface area contributed by atoms with Crippen LogP contribution >= 0.6 is 22.9 Å². The van der Waals surface area contributed by atoms with Crippen molar-refractivity contribution in [3.8, 4) is 10.8 Å². The number of pyridine rings is 1. The van der Waals surface area contributed by atoms with Crippen LogP contribution in [0.25, 0.3) is 10.8 Å². The number of rotatable bonds is 4. The molecule has 0 atom stereocenters. The lowest BCUT2D eigenvalue weighted by Crippen LogP contribution is -2.05. The lowest BCUT2D eigenvalue weighted by Gasteiger charge is -2.01. The molecule has 0 amide bonds. The normalized spacial score (nSPS) is 10.5. The number of nitrogens with zero attached hydrogens (tertiary/aromatic N) is 2. The molecule has 0 aliphatic heterocycles. The Balaban J connectivity index is 1.62. The number of carbonyl (C=O) groups excluding carboxylic acids is 1. The smallest absolute Gasteiger partial charge is 0.340 e. The van der Waals surface area contributed by atoms with Gasteiger partial charge in [0.15, 0.2) is 0 Å². The largest absolute Gasteiger partial charge is 0.455 e. The number of hydrogen-bond acceptors (Lipinski definition) is 6. The van der Waals surface area contributed by atoms with Crippen LogP contribution < -0.4 is 0 Å². The molecule has 106 valence electrons. The quantitative estimate of drug-likeness (QED) is 0.540. The van der Waals surface area contributed by atoms with E-state index in [1.165, 1.54) is 29.9 Å². The van der Waals surface area contributed by atoms with E-state index in [0.717, 1.165) is 4.88 Å². The van der Waals surface area contributed by atoms with Gasteiger partial charge in [0.25, 0.3) is 0 Å². The summed E-state index contributed by atoms with van der Waals surface area (Å²) in [6.07, 6.45) is 2.84. The summed E-state index contributed by atoms with van der Waals surface area (Å²) in [7, 11) is 0. The number of oxazole rings is 1. The lowest BCUT2D eigenvalue weighted by atomic mass is 10.3. The van der Waals surface area contributed by atoms with Crippen LogP contribution in [-0.4, -0.2) is 15.9 Å². The maximum atomic E-state index is 11.8. The van der Waals surface area contributed by atoms with Crippen LogP contribution in [0.5, 0.6) is 0 Å². The molecule has 0 aliphatic carbocycles. The summed E-state index contributed by atoms with van der Waals surface area (Å²) in [5.41, 5.74) is 0.884. The molecule has 0 N–H and O–H groups in total. The van der Waals surface area contributed by atoms with Gasteiger partial charge in [-0.2, -0.15) is 0 Å². The Kier molecular flexibility index (Phi) is 3.98. The van der Waals surface area contributed by atoms with Gasteiger partial charge in [-0.1, -0.05) is 17.7 Å². The van der Waals surface area contributed by atoms with Crippen LogP contribution in [0.3, 0.4) is 0 Å². The fourth-order valence-corrected chi connectivity index (χ4v) is 2.37. The molecule has 5 nitrogen and oxygen atoms in total. The van der Waals surface area contributed by atoms with Crippen molar-refractivity contribution >= 4 is 28.9 Å². The number of halogens is 1. The van der Waals surface area contributed by atoms with Gasteiger partial charge in [0.05, 0.1) is 10.4 Å². The molecule has 21 heavy (non-hydrogen) atoms. The van der Waals surface area contributed by atoms with Crippen molar-refractivity contribution in [3.63, 3.8) is 0 Å². The summed E-state index contributed by atoms with van der Waals surface area (Å²) in [6, 6.07) is 6.91. The molecule has 3 rings (SSSR count). The predicted octanol–water partition coefficient (Wildman–Crippen LogP) is 3.81. The Bertz CT molecular complexity index is 738. The number of esters is 1. The van der Waals surface area contributed by atoms with Gasteiger partial charge in [0, 0.05) is 6.20 Å². The zero-order valence-electron chi connectivity index (χ0n) is 10.7. The van der Waals surface area contributed by atoms with Crippen molar-refractivity contribution < 1.29 is 13.9 Å². The second-order valence-corrected chi connectivity index (χ2v) is 5.40. The molecule has 0 aliphatic rings. The highest BCUT2D eigenvalue weighted by molar-refractivity contribution is 7.13. The molecule has 0 fully saturated rings. The van der Waals surface area contributed by atoms with E-state index in [0.29, 0.717) is 22.3 Å². The molecular formula is C14H9ClN2O3S. The highest BCUT2D eigenvalue weighted by Gasteiger charge is 2.11. The Hall–Kier alpha value is -2.18. The van der Waals surface area contributed by atoms with E-state index >= 15 is 0 Å². The zero-order valence-corrected chi connectivity index (χ0v) is 12.2. The van der Waals surface area contributed by atoms with Crippen LogP contribution in [0.15, 0.2) is 46.5 Å². The Labute approximate surface area is 129 Å². The monoisotopic (exact) mass is 320 g/mol. The Morgan fingerprint density at radius 1 is 1.38 bits per heavy atom. The molecule has 0 spiro atoms. The Morgan fingerprint density at radius 3 is 3.00 bits per heavy atom. The van der Waals surface area contributed by atoms with E-state index in [1.54, 1.807) is 6.07 Å². The maximum absolute atomic E-state index is 11.8. The van der Waals surface area contributed by atoms with Gasteiger partial charge in [-0.25, -0.2) is 14.8 Å². The van der Waals surface area contributed by atoms with Gasteiger partial charge >= 0.3 is 5.97 Å². The molecule has 0 aromatic carbocycles. The van der Waals surface area contributed by atoms with Crippen molar-refractivity contribution in [3.05, 3.63) is 58.5 Å². The molecular weight excluding hydrogens is 312 g/mol. The second kappa shape index (κ2) is 6.07. The lowest BCUT2D eigenvalue weighted by molar-refractivity contribution is 0.0467. The molecule has 0 bridgehead atoms. The summed E-state index contributed by atoms with van der Waals surface area (Å²) >= 11 is 7.18. The zero-order chi connectivity index (χ0) is 14.7. The van der Waals surface area contributed by atoms with E-state index in [2.05, 4.69) is 9.97 Å². The fourth-order valence-electron chi connectivity index (χ4n) is 1.61. The van der Waals surface area contributed by atoms with Crippen LogP contribution in [0, 0.1) is 0 Å². The summed E-state index contributed by atoms with van der Waals surface area (Å²) in [4.78, 5) is 20.8. The number of aromatic nitrogens is 2. The number of ether oxygens (including phenoxy) is 1. The van der Waals surface area contributed by atoms with E-state index in [-0.39, 0.29) is 6.61 Å². The van der Waals surface area contributed by atoms with Crippen LogP contribution in [0.2, 0.25) is 5.15 Å². The number of thiophene rings is 1. The van der Waals surface area contributed by atoms with Crippen molar-refractivity contribution in [1.29, 1.82) is 0 Å². The summed E-state index contributed by atoms with van der Waals surface area (Å²) in [5, 5.41) is 2.26. The first-order chi connectivity index (χ1) is 10.2. The van der Waals surface area contributed by atoms with Gasteiger partial charge in [-0.15, -0.1) is 11.3 Å². The molecule has 0 saturated heterocycles. The van der Waals surface area contributed by atoms with Crippen LogP contribution in [-0.2, 0) is 11.3 Å². The third-order valence-electron chi connectivity index (χ3n) is 2.60. The standard InChI is InChI=1S/C14H9ClN2O3S/c15-12-4-3-9(6-16-12)14(18)20-8-10-7-19-13(17-10)11-2-1-5-21-11/h1-7H,8H2. The Morgan fingerprint density at radius 2 is 2.29 bits per heavy atom. The minimum Gasteiger partial charge on any atom is -0.455 e. The van der Waals surface area contributed by atoms with E-state index in [1.807, 2.05) is 17.5 Å². The van der Waals surface area contributed by atoms with E-state index in [4.69, 9.17) is 20.8 Å². The molecule has 0 unspecified atom stereocenters. The van der Waals surface area contributed by atoms with Gasteiger partial charge in [0.2, 0.25) is 5.89 Å². The molecule has 0 radical (unpaired) electrons. The maximum Gasteiger partial charge on any atom is 0.340 e. The van der Waals surface area contributed by atoms with Crippen LogP contribution in [0.4, 0.5) is 0 Å². The first-order valence-electron chi connectivity index (χ1n) is 5.99. The highest BCUT2D eigenvalue weighted by atomic mass is 35.5. The first kappa shape index (κ1) is 13.8. The molecule has 0 saturated carbocycles. The minimum atomic E-state index is -0.486. The van der Waals surface area contributed by atoms with Crippen molar-refractivity contribution in [2.45, 2.75) is 6.61 Å². The SMILES string of the molecule is O=C(OCc1coc(-c2cccs2)n1)c1ccc(Cl)nc1. The predicted molar refractivity (Wildman–Crippen MR) is 78.2 cm³/mol. The molecule has 7 heteroatoms. The van der Waals surface area contributed by atoms with Crippen molar-refractivity contribution in [2.24, 2.45) is 0 Å². The number of hydrogen-bond donors (Lipinski definition) is 0. The van der Waals surface area contributed by atoms with Gasteiger partial charge in [0.1, 0.15) is 23.7 Å². The van der Waals surface area contributed by atoms with E-state index in [9.17, 15) is 4.79 Å². The summed E-state index contributed by atoms with van der Waals surface area (Å²) < 4.78 is 10.5. The van der Waals surface area contributed by atoms with Gasteiger partial charge < -0.3 is 9.15 Å². The second-order valence-electron chi connectivity index (χ2n) is 4.07. The van der Waals surface area contributed by atoms with Crippen molar-refractivity contribution in [1.82, 2.24) is 9.97 Å². The van der Waals surface area contributed by atoms with Gasteiger partial charge in [-0.3, -0.25) is 0 Å². The highest BCUT2D eigenvalue weighted by Crippen LogP contribution is 2.23. The molecule has 3 aromatic rings. The minimum absolute atomic E-state index is 0.0380. The van der Waals surface area contributed by atoms with Crippen molar-refractivity contribution in [2.75, 3.05) is 0 Å². The van der Waals surface area contributed by atoms with Crippen LogP contribution in [0.1, 0.15) is 16.1 Å². The summed E-state index contributed by atoms with van der Waals surface area (Å²) in [6.45, 7) is 0.0380. The average Bonchev–Trinajstić information content (AvgIpc) is 3.16. The number of carbonyl (C=O) groups is 1. The van der Waals surface area contributed by atoms with Gasteiger partial charge in [-0.05, 0) is 23.6 Å². The third kappa shape index (κ3) is 3.29. The average molecular weight is 321 g/mol. The topological polar surface area (TPSA) is 65.2 Å². The molecule has 3 heterocycles.